The summed E-state index contributed by atoms with van der Waals surface area (Å²) in [6, 6.07) is 0. The topological polar surface area (TPSA) is 142 Å². The molecule has 8 heteroatoms. The molecule has 0 aromatic carbocycles. The van der Waals surface area contributed by atoms with Crippen molar-refractivity contribution in [2.75, 3.05) is 13.2 Å². The zero-order chi connectivity index (χ0) is 37.3. The average molecular weight is 728 g/mol. The lowest BCUT2D eigenvalue weighted by Gasteiger charge is -2.62. The summed E-state index contributed by atoms with van der Waals surface area (Å²) in [6.07, 6.45) is 18.3. The van der Waals surface area contributed by atoms with Crippen LogP contribution in [0.3, 0.4) is 0 Å². The smallest absolute Gasteiger partial charge is 0.159 e. The van der Waals surface area contributed by atoms with Gasteiger partial charge in [0.25, 0.3) is 0 Å². The lowest BCUT2D eigenvalue weighted by molar-refractivity contribution is -0.699. The van der Waals surface area contributed by atoms with Crippen LogP contribution >= 0.6 is 0 Å². The fourth-order valence-electron chi connectivity index (χ4n) is 13.6. The van der Waals surface area contributed by atoms with Gasteiger partial charge in [0.2, 0.25) is 0 Å². The minimum atomic E-state index is -1.09. The fraction of sp³-hybridized carbons (Fsp3) is 0.932. The second-order valence-corrected chi connectivity index (χ2v) is 20.5. The lowest BCUT2D eigenvalue weighted by atomic mass is 9.44. The Balaban J connectivity index is 1.16. The van der Waals surface area contributed by atoms with E-state index in [1.165, 1.54) is 25.7 Å². The van der Waals surface area contributed by atoms with Crippen molar-refractivity contribution in [1.29, 1.82) is 0 Å². The van der Waals surface area contributed by atoms with Crippen LogP contribution in [0.15, 0.2) is 11.6 Å². The molecule has 3 heterocycles. The van der Waals surface area contributed by atoms with Crippen molar-refractivity contribution in [1.82, 2.24) is 0 Å². The summed E-state index contributed by atoms with van der Waals surface area (Å²) in [5.41, 5.74) is 3.53. The van der Waals surface area contributed by atoms with Gasteiger partial charge in [-0.3, -0.25) is 10.5 Å². The number of epoxide rings is 1. The van der Waals surface area contributed by atoms with Crippen LogP contribution < -0.4 is 11.1 Å². The summed E-state index contributed by atoms with van der Waals surface area (Å²) in [5.74, 6) is 1.25. The molecule has 7 N–H and O–H groups in total. The fourth-order valence-corrected chi connectivity index (χ4v) is 13.6. The number of ketones is 1. The number of allylic oxidation sites excluding steroid dienone is 1. The van der Waals surface area contributed by atoms with Gasteiger partial charge in [0, 0.05) is 24.4 Å². The molecule has 0 aromatic heterocycles. The molecule has 3 saturated heterocycles. The van der Waals surface area contributed by atoms with Crippen molar-refractivity contribution < 1.29 is 34.9 Å². The van der Waals surface area contributed by atoms with Crippen LogP contribution in [0.25, 0.3) is 0 Å². The molecule has 0 radical (unpaired) electrons. The summed E-state index contributed by atoms with van der Waals surface area (Å²) < 4.78 is 13.8. The number of unbranched alkanes of at least 4 members (excludes halogenated alkanes) is 3. The number of ether oxygens (including phenoxy) is 2. The predicted molar refractivity (Wildman–Crippen MR) is 203 cm³/mol. The minimum absolute atomic E-state index is 0.0463. The summed E-state index contributed by atoms with van der Waals surface area (Å²) >= 11 is 0. The number of quaternary nitrogens is 1. The third-order valence-corrected chi connectivity index (χ3v) is 17.3. The average Bonchev–Trinajstić information content (AvgIpc) is 3.87. The van der Waals surface area contributed by atoms with Crippen LogP contribution in [0.4, 0.5) is 0 Å². The van der Waals surface area contributed by atoms with Crippen LogP contribution in [0, 0.1) is 45.8 Å². The molecule has 0 amide bonds. The van der Waals surface area contributed by atoms with E-state index in [1.54, 1.807) is 0 Å². The second kappa shape index (κ2) is 14.3. The van der Waals surface area contributed by atoms with Crippen LogP contribution in [0.2, 0.25) is 0 Å². The summed E-state index contributed by atoms with van der Waals surface area (Å²) in [4.78, 5) is 14.2. The van der Waals surface area contributed by atoms with E-state index in [1.807, 2.05) is 13.0 Å². The van der Waals surface area contributed by atoms with Gasteiger partial charge in [-0.2, -0.15) is 0 Å². The van der Waals surface area contributed by atoms with Gasteiger partial charge in [0.05, 0.1) is 23.9 Å². The van der Waals surface area contributed by atoms with Crippen molar-refractivity contribution in [3.63, 3.8) is 0 Å². The van der Waals surface area contributed by atoms with Crippen molar-refractivity contribution in [3.8, 4) is 0 Å². The summed E-state index contributed by atoms with van der Waals surface area (Å²) in [7, 11) is 0. The number of hydrogen-bond donors (Lipinski definition) is 5. The third kappa shape index (κ3) is 6.33. The lowest BCUT2D eigenvalue weighted by Crippen LogP contribution is -2.94. The summed E-state index contributed by atoms with van der Waals surface area (Å²) in [6.45, 7) is 15.0. The first-order valence-electron chi connectivity index (χ1n) is 21.8. The first-order chi connectivity index (χ1) is 24.5. The number of nitrogens with two attached hydrogens (primary N) is 2. The number of carbonyl (C=O) groups excluding carboxylic acids is 1. The molecule has 4 aliphatic carbocycles. The Labute approximate surface area is 314 Å². The highest BCUT2D eigenvalue weighted by molar-refractivity contribution is 5.95. The molecule has 0 spiro atoms. The third-order valence-electron chi connectivity index (χ3n) is 17.3. The van der Waals surface area contributed by atoms with Crippen LogP contribution in [-0.2, 0) is 14.3 Å². The number of fused-ring (bicyclic) bond motifs is 5. The van der Waals surface area contributed by atoms with Crippen molar-refractivity contribution in [2.45, 2.75) is 198 Å². The maximum atomic E-state index is 14.2. The molecule has 3 aliphatic heterocycles. The molecular weight excluding hydrogens is 652 g/mol. The quantitative estimate of drug-likeness (QED) is 0.124. The molecule has 7 aliphatic rings. The van der Waals surface area contributed by atoms with Gasteiger partial charge >= 0.3 is 0 Å². The van der Waals surface area contributed by atoms with Gasteiger partial charge in [0.1, 0.15) is 24.0 Å². The normalized spacial score (nSPS) is 47.5. The highest BCUT2D eigenvalue weighted by Gasteiger charge is 2.75. The number of aliphatic hydroxyl groups is 3. The summed E-state index contributed by atoms with van der Waals surface area (Å²) in [5, 5.41) is 38.7. The largest absolute Gasteiger partial charge is 0.393 e. The minimum Gasteiger partial charge on any atom is -0.393 e. The number of aliphatic hydroxyl groups excluding tert-OH is 1. The predicted octanol–water partition coefficient (Wildman–Crippen LogP) is 5.94. The Hall–Kier alpha value is -0.870. The highest BCUT2D eigenvalue weighted by atomic mass is 16.6. The molecule has 296 valence electrons. The molecule has 52 heavy (non-hydrogen) atoms. The molecule has 0 aromatic rings. The Morgan fingerprint density at radius 1 is 1.02 bits per heavy atom. The molecule has 7 rings (SSSR count). The van der Waals surface area contributed by atoms with E-state index in [4.69, 9.17) is 15.2 Å². The second-order valence-electron chi connectivity index (χ2n) is 20.5. The molecule has 8 nitrogen and oxygen atoms in total. The number of hydrogen-bond acceptors (Lipinski definition) is 7. The van der Waals surface area contributed by atoms with Crippen molar-refractivity contribution >= 4 is 5.78 Å². The zero-order valence-electron chi connectivity index (χ0n) is 33.6. The number of rotatable bonds is 12. The molecular formula is C44H75N2O6+. The molecule has 0 bridgehead atoms. The van der Waals surface area contributed by atoms with Gasteiger partial charge < -0.3 is 30.1 Å². The molecule has 3 saturated carbocycles. The van der Waals surface area contributed by atoms with Crippen LogP contribution in [0.1, 0.15) is 157 Å². The van der Waals surface area contributed by atoms with Gasteiger partial charge in [-0.05, 0) is 137 Å². The van der Waals surface area contributed by atoms with Gasteiger partial charge in [-0.1, -0.05) is 60.3 Å². The van der Waals surface area contributed by atoms with Crippen LogP contribution in [-0.4, -0.2) is 75.5 Å². The molecule has 6 fully saturated rings. The Morgan fingerprint density at radius 2 is 1.81 bits per heavy atom. The molecule has 14 unspecified atom stereocenters. The van der Waals surface area contributed by atoms with E-state index in [0.717, 1.165) is 89.2 Å². The monoisotopic (exact) mass is 728 g/mol. The van der Waals surface area contributed by atoms with Crippen LogP contribution in [0.5, 0.6) is 0 Å². The first-order valence-corrected chi connectivity index (χ1v) is 21.8. The Morgan fingerprint density at radius 3 is 2.54 bits per heavy atom. The Kier molecular flexibility index (Phi) is 10.8. The standard InChI is InChI=1S/C44H74N2O6/c1-7-8-9-10-17-42-20-12-30(47)25-33(42)34(48)26-32-31(42)13-19-40(5)35(14-21-44(32,40)50)43(27-28(2)16-23-51-43)38-37(52-38)41(6,49)39(3,4)18-11-29-15-22-46-36(45)24-29/h26,28-31,33,35-38,46-47,49-50H,7-25,27,45H2,1-6H3/p+1. The van der Waals surface area contributed by atoms with E-state index in [-0.39, 0.29) is 52.7 Å². The SMILES string of the molecule is CCCCCCC12CCC(O)CC1C(=O)C=C1C2CCC2(C)C(C3(C4OC4C(C)(O)C(C)(C)CCC4CC[NH2+]C(N)C4)CC(C)CCO3)CCC12O. The highest BCUT2D eigenvalue weighted by Crippen LogP contribution is 2.71. The van der Waals surface area contributed by atoms with Crippen molar-refractivity contribution in [2.24, 2.45) is 51.6 Å². The maximum absolute atomic E-state index is 14.2. The number of carbonyl (C=O) groups is 1. The van der Waals surface area contributed by atoms with E-state index in [0.29, 0.717) is 31.3 Å². The zero-order valence-corrected chi connectivity index (χ0v) is 33.6. The Bertz CT molecular complexity index is 1350. The van der Waals surface area contributed by atoms with Crippen molar-refractivity contribution in [3.05, 3.63) is 11.6 Å². The van der Waals surface area contributed by atoms with E-state index in [9.17, 15) is 20.1 Å². The van der Waals surface area contributed by atoms with Gasteiger partial charge in [-0.15, -0.1) is 0 Å². The molecule has 14 atom stereocenters. The maximum Gasteiger partial charge on any atom is 0.159 e. The number of piperidine rings is 1. The van der Waals surface area contributed by atoms with Gasteiger partial charge in [0.15, 0.2) is 5.78 Å². The first kappa shape index (κ1) is 39.4. The van der Waals surface area contributed by atoms with Gasteiger partial charge in [-0.25, -0.2) is 0 Å². The van der Waals surface area contributed by atoms with E-state index < -0.39 is 28.3 Å². The van der Waals surface area contributed by atoms with E-state index in [2.05, 4.69) is 39.9 Å². The van der Waals surface area contributed by atoms with E-state index >= 15 is 0 Å².